The summed E-state index contributed by atoms with van der Waals surface area (Å²) >= 11 is 3.09. The number of alkyl halides is 2. The van der Waals surface area contributed by atoms with E-state index >= 15 is 0 Å². The molecule has 0 unspecified atom stereocenters. The Morgan fingerprint density at radius 2 is 2.00 bits per heavy atom. The molecule has 1 aromatic rings. The zero-order valence-electron chi connectivity index (χ0n) is 7.26. The van der Waals surface area contributed by atoms with Crippen LogP contribution in [-0.2, 0) is 0 Å². The average molecular weight is 268 g/mol. The Kier molecular flexibility index (Phi) is 3.51. The third kappa shape index (κ3) is 2.47. The molecule has 0 bridgehead atoms. The first-order valence-electron chi connectivity index (χ1n) is 3.62. The van der Waals surface area contributed by atoms with Gasteiger partial charge in [0, 0.05) is 22.3 Å². The number of rotatable bonds is 3. The smallest absolute Gasteiger partial charge is 0.387 e. The molecule has 2 N–H and O–H groups in total. The van der Waals surface area contributed by atoms with Crippen molar-refractivity contribution in [1.82, 2.24) is 0 Å². The summed E-state index contributed by atoms with van der Waals surface area (Å²) in [6.45, 7) is -2.89. The van der Waals surface area contributed by atoms with Crippen LogP contribution in [0.4, 0.5) is 14.5 Å². The number of halogens is 3. The molecular weight excluding hydrogens is 260 g/mol. The van der Waals surface area contributed by atoms with E-state index in [1.54, 1.807) is 0 Å². The van der Waals surface area contributed by atoms with E-state index < -0.39 is 6.61 Å². The standard InChI is InChI=1S/C8H8BrF2NO2/c1-13-6-3-5(12)4(9)2-7(6)14-8(10)11/h2-3,8H,12H2,1H3. The van der Waals surface area contributed by atoms with Gasteiger partial charge in [-0.2, -0.15) is 8.78 Å². The van der Waals surface area contributed by atoms with Crippen molar-refractivity contribution >= 4 is 21.6 Å². The molecule has 0 heterocycles. The highest BCUT2D eigenvalue weighted by Gasteiger charge is 2.12. The fraction of sp³-hybridized carbons (Fsp3) is 0.250. The number of benzene rings is 1. The Labute approximate surface area is 87.9 Å². The molecule has 1 rings (SSSR count). The Bertz CT molecular complexity index is 333. The maximum Gasteiger partial charge on any atom is 0.387 e. The Morgan fingerprint density at radius 1 is 1.36 bits per heavy atom. The first-order valence-corrected chi connectivity index (χ1v) is 4.41. The van der Waals surface area contributed by atoms with Crippen molar-refractivity contribution in [2.24, 2.45) is 0 Å². The number of nitrogens with two attached hydrogens (primary N) is 1. The van der Waals surface area contributed by atoms with Crippen molar-refractivity contribution in [3.05, 3.63) is 16.6 Å². The van der Waals surface area contributed by atoms with Crippen molar-refractivity contribution in [1.29, 1.82) is 0 Å². The van der Waals surface area contributed by atoms with Crippen LogP contribution in [0.25, 0.3) is 0 Å². The molecule has 0 fully saturated rings. The van der Waals surface area contributed by atoms with E-state index in [1.807, 2.05) is 0 Å². The summed E-state index contributed by atoms with van der Waals surface area (Å²) in [7, 11) is 1.35. The van der Waals surface area contributed by atoms with Gasteiger partial charge < -0.3 is 15.2 Å². The molecule has 0 radical (unpaired) electrons. The lowest BCUT2D eigenvalue weighted by atomic mass is 10.3. The number of hydrogen-bond acceptors (Lipinski definition) is 3. The minimum Gasteiger partial charge on any atom is -0.493 e. The third-order valence-corrected chi connectivity index (χ3v) is 2.19. The first kappa shape index (κ1) is 11.0. The van der Waals surface area contributed by atoms with E-state index in [2.05, 4.69) is 20.7 Å². The third-order valence-electron chi connectivity index (χ3n) is 1.50. The number of anilines is 1. The fourth-order valence-corrected chi connectivity index (χ4v) is 1.22. The maximum absolute atomic E-state index is 11.9. The Hall–Kier alpha value is -1.04. The highest BCUT2D eigenvalue weighted by Crippen LogP contribution is 2.35. The van der Waals surface area contributed by atoms with Gasteiger partial charge in [0.15, 0.2) is 11.5 Å². The van der Waals surface area contributed by atoms with Gasteiger partial charge in [0.05, 0.1) is 7.11 Å². The number of hydrogen-bond donors (Lipinski definition) is 1. The number of nitrogen functional groups attached to an aromatic ring is 1. The second kappa shape index (κ2) is 4.45. The van der Waals surface area contributed by atoms with E-state index in [9.17, 15) is 8.78 Å². The molecular formula is C8H8BrF2NO2. The first-order chi connectivity index (χ1) is 6.54. The zero-order chi connectivity index (χ0) is 10.7. The SMILES string of the molecule is COc1cc(N)c(Br)cc1OC(F)F. The highest BCUT2D eigenvalue weighted by atomic mass is 79.9. The van der Waals surface area contributed by atoms with Crippen LogP contribution in [0.3, 0.4) is 0 Å². The van der Waals surface area contributed by atoms with Crippen molar-refractivity contribution in [3.63, 3.8) is 0 Å². The second-order valence-corrected chi connectivity index (χ2v) is 3.26. The molecule has 0 aromatic heterocycles. The molecule has 0 spiro atoms. The molecule has 0 aliphatic carbocycles. The van der Waals surface area contributed by atoms with Crippen LogP contribution in [0.5, 0.6) is 11.5 Å². The van der Waals surface area contributed by atoms with Crippen LogP contribution in [0.1, 0.15) is 0 Å². The number of ether oxygens (including phenoxy) is 2. The Morgan fingerprint density at radius 3 is 2.50 bits per heavy atom. The monoisotopic (exact) mass is 267 g/mol. The maximum atomic E-state index is 11.9. The lowest BCUT2D eigenvalue weighted by Crippen LogP contribution is -2.04. The Balaban J connectivity index is 3.07. The molecule has 0 saturated carbocycles. The second-order valence-electron chi connectivity index (χ2n) is 2.40. The van der Waals surface area contributed by atoms with Gasteiger partial charge in [-0.15, -0.1) is 0 Å². The topological polar surface area (TPSA) is 44.5 Å². The van der Waals surface area contributed by atoms with E-state index in [4.69, 9.17) is 10.5 Å². The van der Waals surface area contributed by atoms with Crippen LogP contribution in [0.15, 0.2) is 16.6 Å². The largest absolute Gasteiger partial charge is 0.493 e. The zero-order valence-corrected chi connectivity index (χ0v) is 8.85. The summed E-state index contributed by atoms with van der Waals surface area (Å²) in [4.78, 5) is 0. The lowest BCUT2D eigenvalue weighted by molar-refractivity contribution is -0.0512. The molecule has 0 aliphatic rings. The fourth-order valence-electron chi connectivity index (χ4n) is 0.898. The minimum atomic E-state index is -2.89. The normalized spacial score (nSPS) is 10.4. The van der Waals surface area contributed by atoms with Gasteiger partial charge in [0.1, 0.15) is 0 Å². The van der Waals surface area contributed by atoms with E-state index in [1.165, 1.54) is 19.2 Å². The molecule has 0 aliphatic heterocycles. The molecule has 0 amide bonds. The predicted octanol–water partition coefficient (Wildman–Crippen LogP) is 2.64. The van der Waals surface area contributed by atoms with E-state index in [0.29, 0.717) is 10.2 Å². The lowest BCUT2D eigenvalue weighted by Gasteiger charge is -2.11. The number of methoxy groups -OCH3 is 1. The van der Waals surface area contributed by atoms with Gasteiger partial charge >= 0.3 is 6.61 Å². The predicted molar refractivity (Wildman–Crippen MR) is 51.7 cm³/mol. The molecule has 1 aromatic carbocycles. The summed E-state index contributed by atoms with van der Waals surface area (Å²) < 4.78 is 33.4. The average Bonchev–Trinajstić information content (AvgIpc) is 2.10. The van der Waals surface area contributed by atoms with E-state index in [0.717, 1.165) is 0 Å². The van der Waals surface area contributed by atoms with Crippen molar-refractivity contribution < 1.29 is 18.3 Å². The minimum absolute atomic E-state index is 0.0522. The van der Waals surface area contributed by atoms with Gasteiger partial charge in [-0.3, -0.25) is 0 Å². The van der Waals surface area contributed by atoms with Crippen molar-refractivity contribution in [2.75, 3.05) is 12.8 Å². The van der Waals surface area contributed by atoms with Crippen LogP contribution in [0.2, 0.25) is 0 Å². The molecule has 0 saturated heterocycles. The summed E-state index contributed by atoms with van der Waals surface area (Å²) in [5, 5.41) is 0. The van der Waals surface area contributed by atoms with Gasteiger partial charge in [0.25, 0.3) is 0 Å². The van der Waals surface area contributed by atoms with Gasteiger partial charge in [-0.25, -0.2) is 0 Å². The summed E-state index contributed by atoms with van der Waals surface area (Å²) in [6, 6.07) is 2.74. The summed E-state index contributed by atoms with van der Waals surface area (Å²) in [6.07, 6.45) is 0. The molecule has 3 nitrogen and oxygen atoms in total. The van der Waals surface area contributed by atoms with Crippen LogP contribution in [0, 0.1) is 0 Å². The van der Waals surface area contributed by atoms with Crippen LogP contribution >= 0.6 is 15.9 Å². The van der Waals surface area contributed by atoms with Crippen molar-refractivity contribution in [2.45, 2.75) is 6.61 Å². The van der Waals surface area contributed by atoms with Crippen LogP contribution < -0.4 is 15.2 Å². The van der Waals surface area contributed by atoms with Gasteiger partial charge in [0.2, 0.25) is 0 Å². The van der Waals surface area contributed by atoms with Crippen LogP contribution in [-0.4, -0.2) is 13.7 Å². The van der Waals surface area contributed by atoms with Gasteiger partial charge in [-0.1, -0.05) is 0 Å². The molecule has 78 valence electrons. The van der Waals surface area contributed by atoms with Gasteiger partial charge in [-0.05, 0) is 15.9 Å². The summed E-state index contributed by atoms with van der Waals surface area (Å²) in [5.41, 5.74) is 5.92. The molecule has 6 heteroatoms. The molecule has 14 heavy (non-hydrogen) atoms. The quantitative estimate of drug-likeness (QED) is 0.857. The van der Waals surface area contributed by atoms with Crippen molar-refractivity contribution in [3.8, 4) is 11.5 Å². The highest BCUT2D eigenvalue weighted by molar-refractivity contribution is 9.10. The summed E-state index contributed by atoms with van der Waals surface area (Å²) in [5.74, 6) is 0.120. The van der Waals surface area contributed by atoms with E-state index in [-0.39, 0.29) is 11.5 Å². The molecule has 0 atom stereocenters.